The number of nitrogens with zero attached hydrogens (tertiary/aromatic N) is 1. The van der Waals surface area contributed by atoms with Gasteiger partial charge in [-0.2, -0.15) is 0 Å². The van der Waals surface area contributed by atoms with E-state index in [1.54, 1.807) is 23.1 Å². The Labute approximate surface area is 163 Å². The van der Waals surface area contributed by atoms with Crippen molar-refractivity contribution < 1.29 is 9.59 Å². The van der Waals surface area contributed by atoms with Crippen molar-refractivity contribution in [3.63, 3.8) is 0 Å². The van der Waals surface area contributed by atoms with Crippen molar-refractivity contribution in [2.24, 2.45) is 5.92 Å². The first-order valence-corrected chi connectivity index (χ1v) is 9.26. The van der Waals surface area contributed by atoms with E-state index in [4.69, 9.17) is 23.2 Å². The summed E-state index contributed by atoms with van der Waals surface area (Å²) in [6.07, 6.45) is 0.187. The summed E-state index contributed by atoms with van der Waals surface area (Å²) in [5, 5.41) is 3.69. The first-order chi connectivity index (χ1) is 12.3. The third kappa shape index (κ3) is 4.19. The van der Waals surface area contributed by atoms with Gasteiger partial charge in [-0.15, -0.1) is 0 Å². The molecule has 0 saturated carbocycles. The molecule has 0 bridgehead atoms. The molecule has 3 rings (SSSR count). The number of halogens is 2. The summed E-state index contributed by atoms with van der Waals surface area (Å²) in [6.45, 7) is 4.61. The van der Waals surface area contributed by atoms with Crippen LogP contribution in [0.3, 0.4) is 0 Å². The average Bonchev–Trinajstić information content (AvgIpc) is 2.96. The molecule has 0 aromatic heterocycles. The monoisotopic (exact) mass is 390 g/mol. The molecule has 2 aromatic rings. The largest absolute Gasteiger partial charge is 0.326 e. The van der Waals surface area contributed by atoms with Crippen LogP contribution in [0.1, 0.15) is 31.7 Å². The Kier molecular flexibility index (Phi) is 5.54. The normalized spacial score (nSPS) is 17.0. The number of benzene rings is 2. The highest BCUT2D eigenvalue weighted by Crippen LogP contribution is 2.28. The Morgan fingerprint density at radius 3 is 2.31 bits per heavy atom. The van der Waals surface area contributed by atoms with Crippen LogP contribution in [0, 0.1) is 5.92 Å². The van der Waals surface area contributed by atoms with Crippen LogP contribution in [-0.4, -0.2) is 18.4 Å². The molecule has 0 aliphatic carbocycles. The maximum Gasteiger partial charge on any atom is 0.229 e. The Hall–Kier alpha value is -2.04. The standard InChI is InChI=1S/C20H20Cl2N2O2/c1-12(2)13-3-5-18(6-4-13)24-11-14(7-19(24)25)20(26)23-17-9-15(21)8-16(22)10-17/h3-6,8-10,12,14H,7,11H2,1-2H3,(H,23,26)/t14-/m1/s1. The minimum Gasteiger partial charge on any atom is -0.326 e. The molecule has 136 valence electrons. The van der Waals surface area contributed by atoms with Crippen molar-refractivity contribution in [1.82, 2.24) is 0 Å². The number of nitrogens with one attached hydrogen (secondary N) is 1. The van der Waals surface area contributed by atoms with E-state index in [9.17, 15) is 9.59 Å². The molecule has 1 aliphatic rings. The maximum absolute atomic E-state index is 12.5. The van der Waals surface area contributed by atoms with Crippen LogP contribution in [0.15, 0.2) is 42.5 Å². The first kappa shape index (κ1) is 18.7. The zero-order chi connectivity index (χ0) is 18.8. The van der Waals surface area contributed by atoms with Crippen molar-refractivity contribution in [2.75, 3.05) is 16.8 Å². The summed E-state index contributed by atoms with van der Waals surface area (Å²) in [7, 11) is 0. The Bertz CT molecular complexity index is 814. The first-order valence-electron chi connectivity index (χ1n) is 8.51. The molecule has 1 heterocycles. The van der Waals surface area contributed by atoms with Gasteiger partial charge in [0.25, 0.3) is 0 Å². The molecule has 2 aromatic carbocycles. The van der Waals surface area contributed by atoms with E-state index >= 15 is 0 Å². The summed E-state index contributed by atoms with van der Waals surface area (Å²) in [5.41, 5.74) is 2.56. The molecule has 4 nitrogen and oxygen atoms in total. The fourth-order valence-electron chi connectivity index (χ4n) is 3.04. The summed E-state index contributed by atoms with van der Waals surface area (Å²) >= 11 is 11.9. The SMILES string of the molecule is CC(C)c1ccc(N2C[C@H](C(=O)Nc3cc(Cl)cc(Cl)c3)CC2=O)cc1. The van der Waals surface area contributed by atoms with Crippen molar-refractivity contribution in [2.45, 2.75) is 26.2 Å². The zero-order valence-corrected chi connectivity index (χ0v) is 16.1. The van der Waals surface area contributed by atoms with Gasteiger partial charge >= 0.3 is 0 Å². The van der Waals surface area contributed by atoms with Crippen LogP contribution < -0.4 is 10.2 Å². The minimum absolute atomic E-state index is 0.0495. The molecule has 0 radical (unpaired) electrons. The van der Waals surface area contributed by atoms with Gasteiger partial charge in [0, 0.05) is 34.4 Å². The molecule has 26 heavy (non-hydrogen) atoms. The van der Waals surface area contributed by atoms with Gasteiger partial charge in [-0.1, -0.05) is 49.2 Å². The number of carbonyl (C=O) groups is 2. The van der Waals surface area contributed by atoms with E-state index in [-0.39, 0.29) is 18.2 Å². The smallest absolute Gasteiger partial charge is 0.229 e. The van der Waals surface area contributed by atoms with Crippen molar-refractivity contribution >= 4 is 46.4 Å². The van der Waals surface area contributed by atoms with Gasteiger partial charge in [0.15, 0.2) is 0 Å². The number of anilines is 2. The molecule has 1 atom stereocenters. The molecular formula is C20H20Cl2N2O2. The topological polar surface area (TPSA) is 49.4 Å². The van der Waals surface area contributed by atoms with E-state index in [1.165, 1.54) is 5.56 Å². The molecule has 0 unspecified atom stereocenters. The highest BCUT2D eigenvalue weighted by atomic mass is 35.5. The van der Waals surface area contributed by atoms with Crippen molar-refractivity contribution in [1.29, 1.82) is 0 Å². The number of hydrogen-bond donors (Lipinski definition) is 1. The second-order valence-electron chi connectivity index (χ2n) is 6.80. The minimum atomic E-state index is -0.412. The lowest BCUT2D eigenvalue weighted by Gasteiger charge is -2.18. The van der Waals surface area contributed by atoms with Crippen molar-refractivity contribution in [3.05, 3.63) is 58.1 Å². The second-order valence-corrected chi connectivity index (χ2v) is 7.67. The summed E-state index contributed by atoms with van der Waals surface area (Å²) in [4.78, 5) is 26.6. The van der Waals surface area contributed by atoms with E-state index in [0.29, 0.717) is 28.2 Å². The van der Waals surface area contributed by atoms with Crippen LogP contribution in [0.25, 0.3) is 0 Å². The van der Waals surface area contributed by atoms with Crippen LogP contribution in [-0.2, 0) is 9.59 Å². The second kappa shape index (κ2) is 7.68. The van der Waals surface area contributed by atoms with Crippen LogP contribution >= 0.6 is 23.2 Å². The molecule has 6 heteroatoms. The molecule has 1 saturated heterocycles. The van der Waals surface area contributed by atoms with Gasteiger partial charge in [-0.3, -0.25) is 9.59 Å². The number of carbonyl (C=O) groups excluding carboxylic acids is 2. The van der Waals surface area contributed by atoms with Gasteiger partial charge in [0.1, 0.15) is 0 Å². The van der Waals surface area contributed by atoms with Crippen LogP contribution in [0.4, 0.5) is 11.4 Å². The summed E-state index contributed by atoms with van der Waals surface area (Å²) in [5.74, 6) is -0.240. The number of rotatable bonds is 4. The number of hydrogen-bond acceptors (Lipinski definition) is 2. The van der Waals surface area contributed by atoms with Gasteiger partial charge in [0.05, 0.1) is 5.92 Å². The lowest BCUT2D eigenvalue weighted by atomic mass is 10.0. The highest BCUT2D eigenvalue weighted by molar-refractivity contribution is 6.35. The predicted octanol–water partition coefficient (Wildman–Crippen LogP) is 5.11. The fourth-order valence-corrected chi connectivity index (χ4v) is 3.57. The average molecular weight is 391 g/mol. The zero-order valence-electron chi connectivity index (χ0n) is 14.6. The summed E-state index contributed by atoms with van der Waals surface area (Å²) < 4.78 is 0. The van der Waals surface area contributed by atoms with Gasteiger partial charge in [-0.05, 0) is 41.8 Å². The molecular weight excluding hydrogens is 371 g/mol. The van der Waals surface area contributed by atoms with E-state index in [2.05, 4.69) is 19.2 Å². The predicted molar refractivity (Wildman–Crippen MR) is 106 cm³/mol. The lowest BCUT2D eigenvalue weighted by molar-refractivity contribution is -0.122. The van der Waals surface area contributed by atoms with Crippen LogP contribution in [0.2, 0.25) is 10.0 Å². The number of amides is 2. The molecule has 2 amide bonds. The molecule has 1 aliphatic heterocycles. The van der Waals surface area contributed by atoms with Crippen LogP contribution in [0.5, 0.6) is 0 Å². The highest BCUT2D eigenvalue weighted by Gasteiger charge is 2.35. The Morgan fingerprint density at radius 1 is 1.12 bits per heavy atom. The Balaban J connectivity index is 1.69. The lowest BCUT2D eigenvalue weighted by Crippen LogP contribution is -2.28. The van der Waals surface area contributed by atoms with E-state index in [1.807, 2.05) is 24.3 Å². The quantitative estimate of drug-likeness (QED) is 0.788. The van der Waals surface area contributed by atoms with E-state index < -0.39 is 5.92 Å². The molecule has 0 spiro atoms. The Morgan fingerprint density at radius 2 is 1.73 bits per heavy atom. The maximum atomic E-state index is 12.5. The van der Waals surface area contributed by atoms with Gasteiger partial charge in [0.2, 0.25) is 11.8 Å². The molecule has 1 N–H and O–H groups in total. The third-order valence-corrected chi connectivity index (χ3v) is 4.93. The molecule has 1 fully saturated rings. The van der Waals surface area contributed by atoms with Gasteiger partial charge in [-0.25, -0.2) is 0 Å². The van der Waals surface area contributed by atoms with Gasteiger partial charge < -0.3 is 10.2 Å². The summed E-state index contributed by atoms with van der Waals surface area (Å²) in [6, 6.07) is 12.8. The third-order valence-electron chi connectivity index (χ3n) is 4.50. The fraction of sp³-hybridized carbons (Fsp3) is 0.300. The van der Waals surface area contributed by atoms with Crippen molar-refractivity contribution in [3.8, 4) is 0 Å². The van der Waals surface area contributed by atoms with E-state index in [0.717, 1.165) is 5.69 Å².